The van der Waals surface area contributed by atoms with Gasteiger partial charge in [-0.05, 0) is 48.4 Å². The third kappa shape index (κ3) is 6.62. The highest BCUT2D eigenvalue weighted by atomic mass is 16.5. The molecule has 0 aliphatic carbocycles. The van der Waals surface area contributed by atoms with Gasteiger partial charge in [-0.2, -0.15) is 5.26 Å². The zero-order valence-electron chi connectivity index (χ0n) is 18.9. The van der Waals surface area contributed by atoms with Crippen molar-refractivity contribution in [1.82, 2.24) is 5.32 Å². The highest BCUT2D eigenvalue weighted by Gasteiger charge is 2.11. The highest BCUT2D eigenvalue weighted by Crippen LogP contribution is 2.24. The van der Waals surface area contributed by atoms with Crippen LogP contribution in [-0.2, 0) is 17.9 Å². The van der Waals surface area contributed by atoms with Crippen LogP contribution in [0.4, 0.5) is 0 Å². The SMILES string of the molecule is COc1ccc(CNC(=O)/C(C#N)=C/c2ccc(OCc3ccc(C)cc3)cc2)c(OC)c1. The zero-order chi connectivity index (χ0) is 23.6. The molecule has 168 valence electrons. The molecule has 3 aromatic carbocycles. The molecule has 0 aliphatic heterocycles. The maximum absolute atomic E-state index is 12.5. The lowest BCUT2D eigenvalue weighted by Gasteiger charge is -2.11. The summed E-state index contributed by atoms with van der Waals surface area (Å²) in [5, 5.41) is 12.2. The van der Waals surface area contributed by atoms with E-state index in [0.29, 0.717) is 23.9 Å². The van der Waals surface area contributed by atoms with Gasteiger partial charge in [0, 0.05) is 18.2 Å². The summed E-state index contributed by atoms with van der Waals surface area (Å²) >= 11 is 0. The minimum Gasteiger partial charge on any atom is -0.497 e. The molecule has 0 radical (unpaired) electrons. The van der Waals surface area contributed by atoms with Crippen LogP contribution in [0.5, 0.6) is 17.2 Å². The van der Waals surface area contributed by atoms with Crippen molar-refractivity contribution in [3.63, 3.8) is 0 Å². The second kappa shape index (κ2) is 11.4. The molecule has 0 spiro atoms. The van der Waals surface area contributed by atoms with Crippen LogP contribution >= 0.6 is 0 Å². The van der Waals surface area contributed by atoms with Crippen molar-refractivity contribution in [2.45, 2.75) is 20.1 Å². The molecule has 0 aromatic heterocycles. The Morgan fingerprint density at radius 2 is 1.67 bits per heavy atom. The van der Waals surface area contributed by atoms with Crippen LogP contribution in [0.1, 0.15) is 22.3 Å². The number of ether oxygens (including phenoxy) is 3. The van der Waals surface area contributed by atoms with Gasteiger partial charge in [-0.15, -0.1) is 0 Å². The average molecular weight is 443 g/mol. The molecular weight excluding hydrogens is 416 g/mol. The molecule has 0 unspecified atom stereocenters. The Kier molecular flexibility index (Phi) is 8.09. The van der Waals surface area contributed by atoms with E-state index in [1.54, 1.807) is 32.4 Å². The van der Waals surface area contributed by atoms with E-state index in [-0.39, 0.29) is 12.1 Å². The van der Waals surface area contributed by atoms with E-state index in [1.807, 2.05) is 67.6 Å². The molecule has 1 N–H and O–H groups in total. The zero-order valence-corrected chi connectivity index (χ0v) is 18.9. The number of hydrogen-bond acceptors (Lipinski definition) is 5. The van der Waals surface area contributed by atoms with Crippen molar-refractivity contribution >= 4 is 12.0 Å². The number of nitrogens with zero attached hydrogens (tertiary/aromatic N) is 1. The number of carbonyl (C=O) groups is 1. The summed E-state index contributed by atoms with van der Waals surface area (Å²) in [5.41, 5.74) is 3.80. The molecule has 6 nitrogen and oxygen atoms in total. The van der Waals surface area contributed by atoms with Gasteiger partial charge < -0.3 is 19.5 Å². The standard InChI is InChI=1S/C27H26N2O4/c1-19-4-6-21(7-5-19)18-33-24-11-8-20(9-12-24)14-23(16-28)27(30)29-17-22-10-13-25(31-2)15-26(22)32-3/h4-15H,17-18H2,1-3H3,(H,29,30)/b23-14+. The maximum atomic E-state index is 12.5. The number of benzene rings is 3. The van der Waals surface area contributed by atoms with Crippen molar-refractivity contribution in [1.29, 1.82) is 5.26 Å². The summed E-state index contributed by atoms with van der Waals surface area (Å²) in [7, 11) is 3.12. The minimum absolute atomic E-state index is 0.0100. The van der Waals surface area contributed by atoms with Crippen LogP contribution in [0.25, 0.3) is 6.08 Å². The van der Waals surface area contributed by atoms with Crippen molar-refractivity contribution in [3.8, 4) is 23.3 Å². The second-order valence-corrected chi connectivity index (χ2v) is 7.37. The molecule has 0 saturated heterocycles. The van der Waals surface area contributed by atoms with Crippen LogP contribution in [0, 0.1) is 18.3 Å². The number of methoxy groups -OCH3 is 2. The van der Waals surface area contributed by atoms with Gasteiger partial charge in [0.1, 0.15) is 35.5 Å². The van der Waals surface area contributed by atoms with Crippen LogP contribution in [0.2, 0.25) is 0 Å². The molecule has 3 aromatic rings. The first kappa shape index (κ1) is 23.4. The van der Waals surface area contributed by atoms with Crippen LogP contribution < -0.4 is 19.5 Å². The molecule has 6 heteroatoms. The van der Waals surface area contributed by atoms with E-state index in [4.69, 9.17) is 14.2 Å². The molecule has 3 rings (SSSR count). The first-order valence-electron chi connectivity index (χ1n) is 10.4. The van der Waals surface area contributed by atoms with Gasteiger partial charge in [-0.1, -0.05) is 42.0 Å². The Morgan fingerprint density at radius 3 is 2.30 bits per heavy atom. The number of aryl methyl sites for hydroxylation is 1. The average Bonchev–Trinajstić information content (AvgIpc) is 2.86. The molecule has 0 atom stereocenters. The Labute approximate surface area is 194 Å². The third-order valence-electron chi connectivity index (χ3n) is 5.02. The monoisotopic (exact) mass is 442 g/mol. The van der Waals surface area contributed by atoms with Crippen LogP contribution in [0.3, 0.4) is 0 Å². The quantitative estimate of drug-likeness (QED) is 0.380. The van der Waals surface area contributed by atoms with Crippen molar-refractivity contribution in [2.75, 3.05) is 14.2 Å². The normalized spacial score (nSPS) is 10.8. The van der Waals surface area contributed by atoms with Gasteiger partial charge >= 0.3 is 0 Å². The lowest BCUT2D eigenvalue weighted by Crippen LogP contribution is -2.24. The number of hydrogen-bond donors (Lipinski definition) is 1. The van der Waals surface area contributed by atoms with Gasteiger partial charge in [-0.25, -0.2) is 0 Å². The third-order valence-corrected chi connectivity index (χ3v) is 5.02. The molecular formula is C27H26N2O4. The van der Waals surface area contributed by atoms with Crippen molar-refractivity contribution in [3.05, 3.63) is 94.6 Å². The lowest BCUT2D eigenvalue weighted by molar-refractivity contribution is -0.117. The topological polar surface area (TPSA) is 80.6 Å². The lowest BCUT2D eigenvalue weighted by atomic mass is 10.1. The molecule has 0 aliphatic rings. The maximum Gasteiger partial charge on any atom is 0.262 e. The highest BCUT2D eigenvalue weighted by molar-refractivity contribution is 6.01. The fourth-order valence-electron chi connectivity index (χ4n) is 3.10. The van der Waals surface area contributed by atoms with Gasteiger partial charge in [0.2, 0.25) is 0 Å². The fraction of sp³-hybridized carbons (Fsp3) is 0.185. The Morgan fingerprint density at radius 1 is 0.970 bits per heavy atom. The van der Waals surface area contributed by atoms with E-state index in [2.05, 4.69) is 5.32 Å². The van der Waals surface area contributed by atoms with Gasteiger partial charge in [-0.3, -0.25) is 4.79 Å². The van der Waals surface area contributed by atoms with Crippen LogP contribution in [-0.4, -0.2) is 20.1 Å². The van der Waals surface area contributed by atoms with E-state index in [1.165, 1.54) is 5.56 Å². The first-order chi connectivity index (χ1) is 16.0. The summed E-state index contributed by atoms with van der Waals surface area (Å²) < 4.78 is 16.3. The summed E-state index contributed by atoms with van der Waals surface area (Å²) in [4.78, 5) is 12.5. The van der Waals surface area contributed by atoms with Crippen molar-refractivity contribution < 1.29 is 19.0 Å². The predicted octanol–water partition coefficient (Wildman–Crippen LogP) is 4.81. The summed E-state index contributed by atoms with van der Waals surface area (Å²) in [5.74, 6) is 1.50. The van der Waals surface area contributed by atoms with Gasteiger partial charge in [0.25, 0.3) is 5.91 Å². The summed E-state index contributed by atoms with van der Waals surface area (Å²) in [6.07, 6.45) is 1.55. The smallest absolute Gasteiger partial charge is 0.262 e. The number of rotatable bonds is 9. The molecule has 0 saturated carbocycles. The fourth-order valence-corrected chi connectivity index (χ4v) is 3.10. The van der Waals surface area contributed by atoms with Crippen molar-refractivity contribution in [2.24, 2.45) is 0 Å². The molecule has 33 heavy (non-hydrogen) atoms. The van der Waals surface area contributed by atoms with Crippen LogP contribution in [0.15, 0.2) is 72.3 Å². The number of amides is 1. The Balaban J connectivity index is 1.60. The number of nitriles is 1. The Bertz CT molecular complexity index is 1160. The molecule has 0 heterocycles. The molecule has 0 fully saturated rings. The predicted molar refractivity (Wildman–Crippen MR) is 127 cm³/mol. The number of nitrogens with one attached hydrogen (secondary N) is 1. The number of carbonyl (C=O) groups excluding carboxylic acids is 1. The van der Waals surface area contributed by atoms with Gasteiger partial charge in [0.15, 0.2) is 0 Å². The largest absolute Gasteiger partial charge is 0.497 e. The minimum atomic E-state index is -0.463. The summed E-state index contributed by atoms with van der Waals surface area (Å²) in [6.45, 7) is 2.73. The van der Waals surface area contributed by atoms with E-state index in [0.717, 1.165) is 16.7 Å². The Hall–Kier alpha value is -4.24. The van der Waals surface area contributed by atoms with E-state index in [9.17, 15) is 10.1 Å². The molecule has 1 amide bonds. The second-order valence-electron chi connectivity index (χ2n) is 7.37. The van der Waals surface area contributed by atoms with E-state index >= 15 is 0 Å². The summed E-state index contributed by atoms with van der Waals surface area (Å²) in [6, 6.07) is 22.7. The first-order valence-corrected chi connectivity index (χ1v) is 10.4. The van der Waals surface area contributed by atoms with E-state index < -0.39 is 5.91 Å². The molecule has 0 bridgehead atoms. The van der Waals surface area contributed by atoms with Gasteiger partial charge in [0.05, 0.1) is 14.2 Å².